The van der Waals surface area contributed by atoms with E-state index in [4.69, 9.17) is 9.90 Å². The number of carbonyl (C=O) groups is 2. The molecular formula is C19H20F4N4O3S. The van der Waals surface area contributed by atoms with Gasteiger partial charge in [-0.05, 0) is 25.8 Å². The second-order valence-electron chi connectivity index (χ2n) is 7.39. The Bertz CT molecular complexity index is 968. The predicted molar refractivity (Wildman–Crippen MR) is 103 cm³/mol. The molecule has 2 aromatic rings. The Kier molecular flexibility index (Phi) is 6.60. The van der Waals surface area contributed by atoms with Crippen molar-refractivity contribution in [2.75, 3.05) is 19.6 Å². The van der Waals surface area contributed by atoms with E-state index in [0.717, 1.165) is 42.8 Å². The SMILES string of the molecule is Cc1nc(CN2CCC23CCN(C(=O)c2ccncc2F)C3)cs1.O=C(O)C(F)(F)F. The van der Waals surface area contributed by atoms with Crippen LogP contribution in [0.5, 0.6) is 0 Å². The Labute approximate surface area is 179 Å². The fourth-order valence-corrected chi connectivity index (χ4v) is 4.32. The smallest absolute Gasteiger partial charge is 0.475 e. The number of alkyl halides is 3. The van der Waals surface area contributed by atoms with E-state index in [1.54, 1.807) is 16.2 Å². The van der Waals surface area contributed by atoms with E-state index >= 15 is 0 Å². The largest absolute Gasteiger partial charge is 0.490 e. The van der Waals surface area contributed by atoms with Gasteiger partial charge in [-0.25, -0.2) is 14.2 Å². The highest BCUT2D eigenvalue weighted by atomic mass is 32.1. The Hall–Kier alpha value is -2.60. The van der Waals surface area contributed by atoms with Crippen molar-refractivity contribution in [3.05, 3.63) is 45.9 Å². The van der Waals surface area contributed by atoms with Gasteiger partial charge < -0.3 is 10.0 Å². The van der Waals surface area contributed by atoms with Gasteiger partial charge in [0.05, 0.1) is 22.5 Å². The summed E-state index contributed by atoms with van der Waals surface area (Å²) >= 11 is 1.67. The van der Waals surface area contributed by atoms with Crippen LogP contribution in [0.1, 0.15) is 33.9 Å². The molecule has 168 valence electrons. The molecule has 1 atom stereocenters. The first-order chi connectivity index (χ1) is 14.5. The summed E-state index contributed by atoms with van der Waals surface area (Å²) < 4.78 is 45.6. The third kappa shape index (κ3) is 5.18. The Balaban J connectivity index is 0.000000339. The monoisotopic (exact) mass is 460 g/mol. The first-order valence-corrected chi connectivity index (χ1v) is 10.2. The van der Waals surface area contributed by atoms with Crippen molar-refractivity contribution >= 4 is 23.2 Å². The zero-order valence-electron chi connectivity index (χ0n) is 16.5. The minimum atomic E-state index is -5.08. The van der Waals surface area contributed by atoms with E-state index in [9.17, 15) is 22.4 Å². The second kappa shape index (κ2) is 8.87. The topological polar surface area (TPSA) is 86.6 Å². The van der Waals surface area contributed by atoms with Gasteiger partial charge in [-0.15, -0.1) is 11.3 Å². The van der Waals surface area contributed by atoms with E-state index in [1.165, 1.54) is 12.3 Å². The van der Waals surface area contributed by atoms with Crippen LogP contribution in [-0.2, 0) is 11.3 Å². The molecule has 0 bridgehead atoms. The number of aliphatic carboxylic acids is 1. The van der Waals surface area contributed by atoms with Crippen LogP contribution in [0, 0.1) is 12.7 Å². The summed E-state index contributed by atoms with van der Waals surface area (Å²) in [6, 6.07) is 1.46. The van der Waals surface area contributed by atoms with Gasteiger partial charge in [-0.3, -0.25) is 14.7 Å². The average molecular weight is 460 g/mol. The molecule has 1 N–H and O–H groups in total. The minimum absolute atomic E-state index is 0.0384. The average Bonchev–Trinajstić information content (AvgIpc) is 3.33. The Morgan fingerprint density at radius 1 is 1.29 bits per heavy atom. The van der Waals surface area contributed by atoms with Crippen LogP contribution < -0.4 is 0 Å². The third-order valence-electron chi connectivity index (χ3n) is 5.40. The number of carboxylic acid groups (broad SMARTS) is 1. The lowest BCUT2D eigenvalue weighted by molar-refractivity contribution is -0.192. The lowest BCUT2D eigenvalue weighted by Gasteiger charge is -2.50. The Morgan fingerprint density at radius 3 is 2.48 bits per heavy atom. The number of nitrogens with zero attached hydrogens (tertiary/aromatic N) is 4. The van der Waals surface area contributed by atoms with Crippen LogP contribution in [-0.4, -0.2) is 68.1 Å². The third-order valence-corrected chi connectivity index (χ3v) is 6.22. The number of hydrogen-bond acceptors (Lipinski definition) is 6. The summed E-state index contributed by atoms with van der Waals surface area (Å²) in [5.74, 6) is -3.54. The molecule has 4 rings (SSSR count). The zero-order chi connectivity index (χ0) is 22.8. The molecule has 1 unspecified atom stereocenters. The summed E-state index contributed by atoms with van der Waals surface area (Å²) in [6.45, 7) is 5.21. The lowest BCUT2D eigenvalue weighted by atomic mass is 9.83. The van der Waals surface area contributed by atoms with Crippen molar-refractivity contribution in [1.82, 2.24) is 19.8 Å². The van der Waals surface area contributed by atoms with Gasteiger partial charge in [-0.1, -0.05) is 0 Å². The predicted octanol–water partition coefficient (Wildman–Crippen LogP) is 3.11. The number of thiazole rings is 1. The highest BCUT2D eigenvalue weighted by Crippen LogP contribution is 2.40. The van der Waals surface area contributed by atoms with Gasteiger partial charge in [0.25, 0.3) is 5.91 Å². The van der Waals surface area contributed by atoms with Crippen molar-refractivity contribution in [1.29, 1.82) is 0 Å². The maximum atomic E-state index is 13.8. The van der Waals surface area contributed by atoms with Gasteiger partial charge in [0.1, 0.15) is 0 Å². The number of pyridine rings is 1. The molecule has 12 heteroatoms. The number of carbonyl (C=O) groups excluding carboxylic acids is 1. The van der Waals surface area contributed by atoms with E-state index < -0.39 is 18.0 Å². The summed E-state index contributed by atoms with van der Waals surface area (Å²) in [7, 11) is 0. The van der Waals surface area contributed by atoms with E-state index in [-0.39, 0.29) is 17.0 Å². The van der Waals surface area contributed by atoms with Gasteiger partial charge in [-0.2, -0.15) is 13.2 Å². The molecule has 2 aliphatic rings. The normalized spacial score (nSPS) is 20.9. The highest BCUT2D eigenvalue weighted by molar-refractivity contribution is 7.09. The van der Waals surface area contributed by atoms with Crippen molar-refractivity contribution in [2.24, 2.45) is 0 Å². The summed E-state index contributed by atoms with van der Waals surface area (Å²) in [5.41, 5.74) is 1.25. The maximum absolute atomic E-state index is 13.8. The van der Waals surface area contributed by atoms with Crippen LogP contribution >= 0.6 is 11.3 Å². The minimum Gasteiger partial charge on any atom is -0.475 e. The fourth-order valence-electron chi connectivity index (χ4n) is 3.72. The number of amides is 1. The van der Waals surface area contributed by atoms with Crippen LogP contribution in [0.3, 0.4) is 0 Å². The molecule has 1 spiro atoms. The summed E-state index contributed by atoms with van der Waals surface area (Å²) in [6.07, 6.45) is -0.505. The van der Waals surface area contributed by atoms with Gasteiger partial charge >= 0.3 is 12.1 Å². The number of likely N-dealkylation sites (tertiary alicyclic amines) is 2. The molecule has 4 heterocycles. The number of aromatic nitrogens is 2. The number of aryl methyl sites for hydroxylation is 1. The number of halogens is 4. The quantitative estimate of drug-likeness (QED) is 0.709. The number of hydrogen-bond donors (Lipinski definition) is 1. The summed E-state index contributed by atoms with van der Waals surface area (Å²) in [5, 5.41) is 10.3. The molecule has 0 radical (unpaired) electrons. The van der Waals surface area contributed by atoms with Gasteiger partial charge in [0.15, 0.2) is 5.82 Å². The van der Waals surface area contributed by atoms with E-state index in [0.29, 0.717) is 13.1 Å². The highest BCUT2D eigenvalue weighted by Gasteiger charge is 2.50. The molecule has 7 nitrogen and oxygen atoms in total. The standard InChI is InChI=1S/C17H19FN4OS.C2HF3O2/c1-12-20-13(10-24-12)9-22-7-4-17(22)3-6-21(11-17)16(23)14-2-5-19-8-15(14)18;3-2(4,5)1(6)7/h2,5,8,10H,3-4,6-7,9,11H2,1H3;(H,6,7). The molecule has 2 aliphatic heterocycles. The maximum Gasteiger partial charge on any atom is 0.490 e. The van der Waals surface area contributed by atoms with Crippen LogP contribution in [0.25, 0.3) is 0 Å². The molecule has 0 aromatic carbocycles. The molecule has 2 saturated heterocycles. The van der Waals surface area contributed by atoms with Crippen molar-refractivity contribution in [2.45, 2.75) is 38.0 Å². The zero-order valence-corrected chi connectivity index (χ0v) is 17.3. The molecule has 0 aliphatic carbocycles. The fraction of sp³-hybridized carbons (Fsp3) is 0.474. The van der Waals surface area contributed by atoms with E-state index in [2.05, 4.69) is 20.2 Å². The molecule has 0 saturated carbocycles. The van der Waals surface area contributed by atoms with Crippen LogP contribution in [0.4, 0.5) is 17.6 Å². The Morgan fingerprint density at radius 2 is 1.97 bits per heavy atom. The van der Waals surface area contributed by atoms with Crippen molar-refractivity contribution < 1.29 is 32.3 Å². The van der Waals surface area contributed by atoms with Crippen LogP contribution in [0.2, 0.25) is 0 Å². The van der Waals surface area contributed by atoms with Gasteiger partial charge in [0, 0.05) is 43.3 Å². The molecule has 2 fully saturated rings. The van der Waals surface area contributed by atoms with Gasteiger partial charge in [0.2, 0.25) is 0 Å². The number of rotatable bonds is 3. The van der Waals surface area contributed by atoms with E-state index in [1.807, 2.05) is 6.92 Å². The number of carboxylic acids is 1. The van der Waals surface area contributed by atoms with Crippen LogP contribution in [0.15, 0.2) is 23.8 Å². The molecule has 1 amide bonds. The molecular weight excluding hydrogens is 440 g/mol. The summed E-state index contributed by atoms with van der Waals surface area (Å²) in [4.78, 5) is 33.9. The lowest BCUT2D eigenvalue weighted by Crippen LogP contribution is -2.60. The van der Waals surface area contributed by atoms with Crippen molar-refractivity contribution in [3.8, 4) is 0 Å². The first-order valence-electron chi connectivity index (χ1n) is 9.37. The van der Waals surface area contributed by atoms with Crippen molar-refractivity contribution in [3.63, 3.8) is 0 Å². The second-order valence-corrected chi connectivity index (χ2v) is 8.45. The molecule has 2 aromatic heterocycles. The first kappa shape index (κ1) is 23.1. The molecule has 31 heavy (non-hydrogen) atoms.